The van der Waals surface area contributed by atoms with E-state index >= 15 is 0 Å². The average molecular weight is 154 g/mol. The quantitative estimate of drug-likeness (QED) is 0.656. The van der Waals surface area contributed by atoms with Crippen LogP contribution in [0, 0.1) is 17.2 Å². The van der Waals surface area contributed by atoms with Gasteiger partial charge in [-0.15, -0.1) is 0 Å². The summed E-state index contributed by atoms with van der Waals surface area (Å²) in [7, 11) is 0. The third-order valence-electron chi connectivity index (χ3n) is 2.00. The minimum atomic E-state index is 0.184. The van der Waals surface area contributed by atoms with Crippen molar-refractivity contribution in [3.8, 4) is 6.07 Å². The Hall–Kier alpha value is -0.550. The fourth-order valence-electron chi connectivity index (χ4n) is 0.769. The van der Waals surface area contributed by atoms with Gasteiger partial charge in [0.25, 0.3) is 0 Å². The third kappa shape index (κ3) is 4.80. The summed E-state index contributed by atoms with van der Waals surface area (Å²) in [6.45, 7) is 7.17. The highest BCUT2D eigenvalue weighted by Crippen LogP contribution is 1.99. The molecule has 0 aliphatic carbocycles. The van der Waals surface area contributed by atoms with Crippen LogP contribution in [0.25, 0.3) is 0 Å². The van der Waals surface area contributed by atoms with Gasteiger partial charge in [0.1, 0.15) is 0 Å². The summed E-state index contributed by atoms with van der Waals surface area (Å²) < 4.78 is 0. The van der Waals surface area contributed by atoms with E-state index in [1.165, 1.54) is 0 Å². The van der Waals surface area contributed by atoms with Crippen molar-refractivity contribution < 1.29 is 0 Å². The maximum atomic E-state index is 8.62. The molecule has 0 fully saturated rings. The molecule has 0 radical (unpaired) electrons. The molecule has 0 bridgehead atoms. The van der Waals surface area contributed by atoms with Crippen LogP contribution in [0.5, 0.6) is 0 Å². The molecule has 0 saturated heterocycles. The first-order valence-electron chi connectivity index (χ1n) is 4.37. The van der Waals surface area contributed by atoms with E-state index in [4.69, 9.17) is 5.26 Å². The highest BCUT2D eigenvalue weighted by molar-refractivity contribution is 4.83. The fourth-order valence-corrected chi connectivity index (χ4v) is 0.769. The molecule has 0 saturated carbocycles. The van der Waals surface area contributed by atoms with Crippen LogP contribution in [0.4, 0.5) is 0 Å². The minimum absolute atomic E-state index is 0.184. The number of hydrogen-bond acceptors (Lipinski definition) is 2. The molecule has 0 spiro atoms. The summed E-state index contributed by atoms with van der Waals surface area (Å²) in [5.41, 5.74) is 0. The molecule has 0 aromatic carbocycles. The number of nitrogens with zero attached hydrogens (tertiary/aromatic N) is 1. The number of nitrogens with one attached hydrogen (secondary N) is 1. The molecule has 1 N–H and O–H groups in total. The zero-order chi connectivity index (χ0) is 8.69. The van der Waals surface area contributed by atoms with Gasteiger partial charge >= 0.3 is 0 Å². The van der Waals surface area contributed by atoms with E-state index in [-0.39, 0.29) is 5.92 Å². The molecule has 0 aromatic heterocycles. The Morgan fingerprint density at radius 1 is 1.36 bits per heavy atom. The van der Waals surface area contributed by atoms with Crippen LogP contribution in [-0.2, 0) is 0 Å². The van der Waals surface area contributed by atoms with Gasteiger partial charge in [0.2, 0.25) is 0 Å². The Kier molecular flexibility index (Phi) is 5.87. The lowest BCUT2D eigenvalue weighted by Crippen LogP contribution is -2.29. The Labute approximate surface area is 69.6 Å². The van der Waals surface area contributed by atoms with Gasteiger partial charge < -0.3 is 5.32 Å². The summed E-state index contributed by atoms with van der Waals surface area (Å²) in [5, 5.41) is 11.9. The largest absolute Gasteiger partial charge is 0.313 e. The number of nitriles is 1. The monoisotopic (exact) mass is 154 g/mol. The highest BCUT2D eigenvalue weighted by Gasteiger charge is 2.04. The van der Waals surface area contributed by atoms with Crippen LogP contribution in [0.1, 0.15) is 33.6 Å². The van der Waals surface area contributed by atoms with Gasteiger partial charge in [-0.05, 0) is 19.8 Å². The zero-order valence-electron chi connectivity index (χ0n) is 7.72. The van der Waals surface area contributed by atoms with E-state index in [2.05, 4.69) is 25.2 Å². The molecule has 0 heterocycles. The molecule has 2 nitrogen and oxygen atoms in total. The predicted molar refractivity (Wildman–Crippen MR) is 47.1 cm³/mol. The van der Waals surface area contributed by atoms with Crippen LogP contribution >= 0.6 is 0 Å². The van der Waals surface area contributed by atoms with Crippen LogP contribution in [0.15, 0.2) is 0 Å². The first-order valence-corrected chi connectivity index (χ1v) is 4.37. The lowest BCUT2D eigenvalue weighted by atomic mass is 10.1. The molecule has 11 heavy (non-hydrogen) atoms. The van der Waals surface area contributed by atoms with Crippen molar-refractivity contribution in [2.24, 2.45) is 5.92 Å². The molecule has 2 unspecified atom stereocenters. The summed E-state index contributed by atoms with van der Waals surface area (Å²) in [4.78, 5) is 0. The van der Waals surface area contributed by atoms with E-state index < -0.39 is 0 Å². The third-order valence-corrected chi connectivity index (χ3v) is 2.00. The van der Waals surface area contributed by atoms with Gasteiger partial charge in [-0.25, -0.2) is 0 Å². The van der Waals surface area contributed by atoms with Gasteiger partial charge in [0.15, 0.2) is 0 Å². The average Bonchev–Trinajstić information content (AvgIpc) is 2.06. The molecule has 0 aliphatic heterocycles. The lowest BCUT2D eigenvalue weighted by Gasteiger charge is -2.12. The van der Waals surface area contributed by atoms with Crippen molar-refractivity contribution in [1.82, 2.24) is 5.32 Å². The van der Waals surface area contributed by atoms with Crippen molar-refractivity contribution in [2.75, 3.05) is 6.54 Å². The maximum absolute atomic E-state index is 8.62. The second kappa shape index (κ2) is 6.18. The SMILES string of the molecule is CCC(C#N)CNC(C)CC. The molecule has 0 rings (SSSR count). The number of hydrogen-bond donors (Lipinski definition) is 1. The van der Waals surface area contributed by atoms with Crippen LogP contribution < -0.4 is 5.32 Å². The standard InChI is InChI=1S/C9H18N2/c1-4-8(3)11-7-9(5-2)6-10/h8-9,11H,4-5,7H2,1-3H3. The van der Waals surface area contributed by atoms with Gasteiger partial charge in [0.05, 0.1) is 12.0 Å². The second-order valence-corrected chi connectivity index (χ2v) is 2.95. The molecule has 0 aliphatic rings. The Morgan fingerprint density at radius 2 is 2.00 bits per heavy atom. The molecule has 2 atom stereocenters. The van der Waals surface area contributed by atoms with E-state index in [0.717, 1.165) is 19.4 Å². The molecular weight excluding hydrogens is 136 g/mol. The zero-order valence-corrected chi connectivity index (χ0v) is 7.72. The normalized spacial score (nSPS) is 15.5. The Bertz CT molecular complexity index is 126. The van der Waals surface area contributed by atoms with E-state index in [1.807, 2.05) is 6.92 Å². The lowest BCUT2D eigenvalue weighted by molar-refractivity contribution is 0.478. The van der Waals surface area contributed by atoms with Gasteiger partial charge in [-0.1, -0.05) is 13.8 Å². The van der Waals surface area contributed by atoms with Gasteiger partial charge in [-0.3, -0.25) is 0 Å². The second-order valence-electron chi connectivity index (χ2n) is 2.95. The van der Waals surface area contributed by atoms with Crippen molar-refractivity contribution in [2.45, 2.75) is 39.7 Å². The molecule has 64 valence electrons. The summed E-state index contributed by atoms with van der Waals surface area (Å²) >= 11 is 0. The van der Waals surface area contributed by atoms with Crippen molar-refractivity contribution in [3.63, 3.8) is 0 Å². The molecule has 0 aromatic rings. The van der Waals surface area contributed by atoms with Gasteiger partial charge in [-0.2, -0.15) is 5.26 Å². The predicted octanol–water partition coefficient (Wildman–Crippen LogP) is 1.92. The van der Waals surface area contributed by atoms with Crippen molar-refractivity contribution >= 4 is 0 Å². The molecule has 2 heteroatoms. The van der Waals surface area contributed by atoms with Crippen molar-refractivity contribution in [1.29, 1.82) is 5.26 Å². The van der Waals surface area contributed by atoms with Crippen LogP contribution in [0.2, 0.25) is 0 Å². The van der Waals surface area contributed by atoms with E-state index in [1.54, 1.807) is 0 Å². The molecule has 0 amide bonds. The summed E-state index contributed by atoms with van der Waals surface area (Å²) in [6.07, 6.45) is 2.07. The maximum Gasteiger partial charge on any atom is 0.0669 e. The summed E-state index contributed by atoms with van der Waals surface area (Å²) in [5.74, 6) is 0.184. The minimum Gasteiger partial charge on any atom is -0.313 e. The van der Waals surface area contributed by atoms with Gasteiger partial charge in [0, 0.05) is 12.6 Å². The smallest absolute Gasteiger partial charge is 0.0669 e. The van der Waals surface area contributed by atoms with Crippen LogP contribution in [0.3, 0.4) is 0 Å². The van der Waals surface area contributed by atoms with E-state index in [9.17, 15) is 0 Å². The fraction of sp³-hybridized carbons (Fsp3) is 0.889. The highest BCUT2D eigenvalue weighted by atomic mass is 14.9. The number of rotatable bonds is 5. The first kappa shape index (κ1) is 10.4. The van der Waals surface area contributed by atoms with E-state index in [0.29, 0.717) is 6.04 Å². The van der Waals surface area contributed by atoms with Crippen molar-refractivity contribution in [3.05, 3.63) is 0 Å². The molecular formula is C9H18N2. The Morgan fingerprint density at radius 3 is 2.36 bits per heavy atom. The topological polar surface area (TPSA) is 35.8 Å². The summed E-state index contributed by atoms with van der Waals surface area (Å²) in [6, 6.07) is 2.81. The first-order chi connectivity index (χ1) is 5.24. The Balaban J connectivity index is 3.44. The van der Waals surface area contributed by atoms with Crippen LogP contribution in [-0.4, -0.2) is 12.6 Å².